The number of anilines is 1. The molecule has 0 bridgehead atoms. The summed E-state index contributed by atoms with van der Waals surface area (Å²) < 4.78 is 14.0. The lowest BCUT2D eigenvalue weighted by atomic mass is 9.74. The van der Waals surface area contributed by atoms with Gasteiger partial charge in [0.2, 0.25) is 5.97 Å². The van der Waals surface area contributed by atoms with Crippen LogP contribution in [0.1, 0.15) is 54.1 Å². The molecular weight excluding hydrogens is 480 g/mol. The van der Waals surface area contributed by atoms with Crippen LogP contribution in [0.25, 0.3) is 17.2 Å². The number of aromatic nitrogens is 1. The second-order valence-electron chi connectivity index (χ2n) is 8.82. The van der Waals surface area contributed by atoms with Gasteiger partial charge in [-0.2, -0.15) is 4.39 Å². The Kier molecular flexibility index (Phi) is 7.54. The average Bonchev–Trinajstić information content (AvgIpc) is 2.78. The van der Waals surface area contributed by atoms with Gasteiger partial charge in [0.25, 0.3) is 0 Å². The summed E-state index contributed by atoms with van der Waals surface area (Å²) in [5.74, 6) is -0.832. The molecule has 178 valence electrons. The minimum atomic E-state index is -1.07. The first-order chi connectivity index (χ1) is 16.7. The third-order valence-corrected chi connectivity index (χ3v) is 6.68. The number of nitrogens with zero attached hydrogens (tertiary/aromatic N) is 1. The molecule has 1 saturated carbocycles. The van der Waals surface area contributed by atoms with Crippen molar-refractivity contribution in [1.29, 1.82) is 5.41 Å². The smallest absolute Gasteiger partial charge is 0.214 e. The van der Waals surface area contributed by atoms with Crippen molar-refractivity contribution in [3.63, 3.8) is 0 Å². The first-order valence-corrected chi connectivity index (χ1v) is 12.1. The third-order valence-electron chi connectivity index (χ3n) is 6.18. The largest absolute Gasteiger partial charge is 0.398 e. The highest BCUT2D eigenvalue weighted by Gasteiger charge is 2.29. The van der Waals surface area contributed by atoms with Crippen LogP contribution in [0, 0.1) is 11.3 Å². The summed E-state index contributed by atoms with van der Waals surface area (Å²) >= 11 is 12.8. The van der Waals surface area contributed by atoms with Gasteiger partial charge in [-0.15, -0.1) is 0 Å². The highest BCUT2D eigenvalue weighted by Crippen LogP contribution is 2.46. The minimum Gasteiger partial charge on any atom is -0.398 e. The van der Waals surface area contributed by atoms with E-state index in [0.717, 1.165) is 52.7 Å². The van der Waals surface area contributed by atoms with Crippen LogP contribution in [-0.4, -0.2) is 10.9 Å². The molecule has 6 heteroatoms. The van der Waals surface area contributed by atoms with Gasteiger partial charge in [0, 0.05) is 11.9 Å². The quantitative estimate of drug-likeness (QED) is 0.191. The molecule has 1 aliphatic carbocycles. The van der Waals surface area contributed by atoms with Gasteiger partial charge >= 0.3 is 0 Å². The molecule has 4 rings (SSSR count). The fourth-order valence-corrected chi connectivity index (χ4v) is 4.69. The van der Waals surface area contributed by atoms with Gasteiger partial charge in [0.15, 0.2) is 0 Å². The van der Waals surface area contributed by atoms with Gasteiger partial charge in [0.05, 0.1) is 21.3 Å². The second-order valence-corrected chi connectivity index (χ2v) is 9.66. The Hall–Kier alpha value is -3.21. The van der Waals surface area contributed by atoms with Gasteiger partial charge in [-0.05, 0) is 71.7 Å². The number of nitrogens with one attached hydrogen (secondary N) is 1. The molecule has 0 unspecified atom stereocenters. The Bertz CT molecular complexity index is 1350. The summed E-state index contributed by atoms with van der Waals surface area (Å²) in [7, 11) is 0. The molecule has 35 heavy (non-hydrogen) atoms. The van der Waals surface area contributed by atoms with E-state index in [-0.39, 0.29) is 17.2 Å². The molecule has 1 aliphatic rings. The van der Waals surface area contributed by atoms with Gasteiger partial charge in [0.1, 0.15) is 0 Å². The van der Waals surface area contributed by atoms with Crippen molar-refractivity contribution >= 4 is 52.1 Å². The number of benzene rings is 2. The molecule has 2 aromatic carbocycles. The molecule has 0 saturated heterocycles. The van der Waals surface area contributed by atoms with Gasteiger partial charge < -0.3 is 5.73 Å². The maximum Gasteiger partial charge on any atom is 0.214 e. The van der Waals surface area contributed by atoms with Crippen molar-refractivity contribution in [3.8, 4) is 0 Å². The first kappa shape index (κ1) is 24.9. The zero-order valence-corrected chi connectivity index (χ0v) is 20.9. The Morgan fingerprint density at radius 3 is 2.37 bits per heavy atom. The van der Waals surface area contributed by atoms with E-state index in [1.165, 1.54) is 0 Å². The topological polar surface area (TPSA) is 62.8 Å². The minimum absolute atomic E-state index is 0.0594. The van der Waals surface area contributed by atoms with E-state index in [4.69, 9.17) is 34.3 Å². The lowest BCUT2D eigenvalue weighted by molar-refractivity contribution is 0.400. The molecule has 0 amide bonds. The van der Waals surface area contributed by atoms with E-state index >= 15 is 0 Å². The SMILES string of the molecule is C=C(C)/C=C/c1ccc(/C(=C(\c2ncc(Cl)cc2Cl)C2CCC2)c2ccc(N)c(C(=N)F)c2)cc1. The molecule has 3 aromatic rings. The number of halogens is 3. The van der Waals surface area contributed by atoms with Crippen LogP contribution in [0.3, 0.4) is 0 Å². The lowest BCUT2D eigenvalue weighted by Crippen LogP contribution is -2.16. The summed E-state index contributed by atoms with van der Waals surface area (Å²) in [5, 5.41) is 8.49. The highest BCUT2D eigenvalue weighted by molar-refractivity contribution is 6.35. The maximum absolute atomic E-state index is 14.0. The summed E-state index contributed by atoms with van der Waals surface area (Å²) in [5.41, 5.74) is 12.5. The number of nitrogen functional groups attached to an aromatic ring is 1. The standard InChI is InChI=1S/C29H26Cl2FN3/c1-17(2)6-7-18-8-10-20(11-9-18)26(21-12-13-25(33)23(14-21)29(32)34)27(19-4-3-5-19)28-24(31)15-22(30)16-35-28/h6-16,19,34H,1,3-5,33H2,2H3/b7-6+,27-26+,34-29?. The Morgan fingerprint density at radius 1 is 1.11 bits per heavy atom. The van der Waals surface area contributed by atoms with E-state index in [2.05, 4.69) is 11.6 Å². The zero-order valence-electron chi connectivity index (χ0n) is 19.4. The number of nitrogens with two attached hydrogens (primary N) is 1. The fraction of sp³-hybridized carbons (Fsp3) is 0.172. The van der Waals surface area contributed by atoms with Crippen molar-refractivity contribution in [3.05, 3.63) is 111 Å². The third kappa shape index (κ3) is 5.55. The molecule has 0 aliphatic heterocycles. The van der Waals surface area contributed by atoms with Crippen LogP contribution in [0.2, 0.25) is 10.0 Å². The monoisotopic (exact) mass is 505 g/mol. The van der Waals surface area contributed by atoms with Crippen molar-refractivity contribution in [2.45, 2.75) is 26.2 Å². The number of rotatable bonds is 7. The van der Waals surface area contributed by atoms with Crippen molar-refractivity contribution in [2.24, 2.45) is 5.92 Å². The second kappa shape index (κ2) is 10.6. The van der Waals surface area contributed by atoms with Crippen LogP contribution < -0.4 is 5.73 Å². The molecule has 0 radical (unpaired) electrons. The first-order valence-electron chi connectivity index (χ1n) is 11.4. The van der Waals surface area contributed by atoms with E-state index in [1.54, 1.807) is 24.4 Å². The van der Waals surface area contributed by atoms with Gasteiger partial charge in [-0.1, -0.05) is 84.3 Å². The summed E-state index contributed by atoms with van der Waals surface area (Å²) in [6, 6.07) is 14.9. The van der Waals surface area contributed by atoms with E-state index in [1.807, 2.05) is 49.4 Å². The highest BCUT2D eigenvalue weighted by atomic mass is 35.5. The summed E-state index contributed by atoms with van der Waals surface area (Å²) in [6.45, 7) is 5.86. The van der Waals surface area contributed by atoms with E-state index in [0.29, 0.717) is 15.7 Å². The number of allylic oxidation sites excluding steroid dienone is 3. The van der Waals surface area contributed by atoms with Crippen LogP contribution >= 0.6 is 23.2 Å². The van der Waals surface area contributed by atoms with Crippen molar-refractivity contribution in [1.82, 2.24) is 4.98 Å². The molecule has 0 spiro atoms. The summed E-state index contributed by atoms with van der Waals surface area (Å²) in [6.07, 6.45) is 8.67. The predicted octanol–water partition coefficient (Wildman–Crippen LogP) is 8.61. The van der Waals surface area contributed by atoms with Crippen LogP contribution in [0.4, 0.5) is 10.1 Å². The van der Waals surface area contributed by atoms with Crippen LogP contribution in [0.5, 0.6) is 0 Å². The van der Waals surface area contributed by atoms with Gasteiger partial charge in [-0.25, -0.2) is 0 Å². The summed E-state index contributed by atoms with van der Waals surface area (Å²) in [4.78, 5) is 4.61. The van der Waals surface area contributed by atoms with Crippen LogP contribution in [0.15, 0.2) is 73.0 Å². The number of hydrogen-bond acceptors (Lipinski definition) is 3. The number of hydrogen-bond donors (Lipinski definition) is 2. The normalized spacial score (nSPS) is 14.5. The Balaban J connectivity index is 1.99. The predicted molar refractivity (Wildman–Crippen MR) is 147 cm³/mol. The lowest BCUT2D eigenvalue weighted by Gasteiger charge is -2.31. The molecule has 3 N–H and O–H groups in total. The molecule has 1 fully saturated rings. The molecule has 1 aromatic heterocycles. The van der Waals surface area contributed by atoms with Crippen molar-refractivity contribution in [2.75, 3.05) is 5.73 Å². The molecule has 0 atom stereocenters. The zero-order chi connectivity index (χ0) is 25.1. The molecular formula is C29H26Cl2FN3. The number of pyridine rings is 1. The molecule has 1 heterocycles. The van der Waals surface area contributed by atoms with Crippen LogP contribution in [-0.2, 0) is 0 Å². The molecule has 3 nitrogen and oxygen atoms in total. The fourth-order valence-electron chi connectivity index (χ4n) is 4.20. The van der Waals surface area contributed by atoms with Crippen molar-refractivity contribution < 1.29 is 4.39 Å². The Labute approximate surface area is 215 Å². The van der Waals surface area contributed by atoms with Gasteiger partial charge in [-0.3, -0.25) is 10.4 Å². The van der Waals surface area contributed by atoms with E-state index in [9.17, 15) is 4.39 Å². The Morgan fingerprint density at radius 2 is 1.80 bits per heavy atom. The van der Waals surface area contributed by atoms with E-state index < -0.39 is 5.97 Å². The maximum atomic E-state index is 14.0. The average molecular weight is 506 g/mol.